The van der Waals surface area contributed by atoms with Crippen molar-refractivity contribution in [1.29, 1.82) is 0 Å². The Balaban J connectivity index is 1.98. The number of anilines is 1. The smallest absolute Gasteiger partial charge is 0.347 e. The maximum Gasteiger partial charge on any atom is 0.347 e. The third-order valence-electron chi connectivity index (χ3n) is 4.55. The van der Waals surface area contributed by atoms with E-state index < -0.39 is 28.1 Å². The first-order chi connectivity index (χ1) is 12.3. The highest BCUT2D eigenvalue weighted by molar-refractivity contribution is 7.89. The van der Waals surface area contributed by atoms with Gasteiger partial charge < -0.3 is 14.4 Å². The van der Waals surface area contributed by atoms with Crippen LogP contribution in [0.2, 0.25) is 0 Å². The molecule has 2 aliphatic heterocycles. The van der Waals surface area contributed by atoms with Gasteiger partial charge >= 0.3 is 11.9 Å². The number of carbonyl (C=O) groups is 2. The molecule has 0 radical (unpaired) electrons. The van der Waals surface area contributed by atoms with Crippen LogP contribution in [0, 0.1) is 0 Å². The van der Waals surface area contributed by atoms with Crippen LogP contribution >= 0.6 is 0 Å². The number of esters is 2. The Bertz CT molecular complexity index is 815. The van der Waals surface area contributed by atoms with Crippen LogP contribution in [0.3, 0.4) is 0 Å². The lowest BCUT2D eigenvalue weighted by Crippen LogP contribution is -2.27. The van der Waals surface area contributed by atoms with Gasteiger partial charge in [0.2, 0.25) is 16.1 Å². The van der Waals surface area contributed by atoms with Gasteiger partial charge in [-0.15, -0.1) is 0 Å². The molecule has 2 aliphatic rings. The first kappa shape index (κ1) is 18.7. The van der Waals surface area contributed by atoms with E-state index in [9.17, 15) is 18.0 Å². The van der Waals surface area contributed by atoms with Crippen LogP contribution in [0.25, 0.3) is 0 Å². The van der Waals surface area contributed by atoms with E-state index in [2.05, 4.69) is 0 Å². The maximum atomic E-state index is 12.7. The predicted molar refractivity (Wildman–Crippen MR) is 93.5 cm³/mol. The summed E-state index contributed by atoms with van der Waals surface area (Å²) in [6.07, 6.45) is 1.37. The van der Waals surface area contributed by atoms with E-state index in [0.717, 1.165) is 30.2 Å². The van der Waals surface area contributed by atoms with Gasteiger partial charge in [-0.25, -0.2) is 22.3 Å². The summed E-state index contributed by atoms with van der Waals surface area (Å²) in [7, 11) is -0.842. The highest BCUT2D eigenvalue weighted by atomic mass is 32.2. The molecule has 8 nitrogen and oxygen atoms in total. The van der Waals surface area contributed by atoms with Gasteiger partial charge in [0.1, 0.15) is 0 Å². The van der Waals surface area contributed by atoms with Gasteiger partial charge in [-0.3, -0.25) is 0 Å². The molecule has 0 aliphatic carbocycles. The summed E-state index contributed by atoms with van der Waals surface area (Å²) < 4.78 is 36.0. The molecular formula is C17H22N2O6S. The normalized spacial score (nSPS) is 20.5. The van der Waals surface area contributed by atoms with E-state index in [-0.39, 0.29) is 17.1 Å². The Hall–Kier alpha value is -2.13. The molecule has 0 unspecified atom stereocenters. The Morgan fingerprint density at radius 3 is 2.54 bits per heavy atom. The first-order valence-corrected chi connectivity index (χ1v) is 9.94. The van der Waals surface area contributed by atoms with Crippen molar-refractivity contribution in [2.75, 3.05) is 38.7 Å². The molecular weight excluding hydrogens is 360 g/mol. The molecule has 0 spiro atoms. The number of rotatable bonds is 5. The van der Waals surface area contributed by atoms with Gasteiger partial charge in [-0.05, 0) is 31.0 Å². The molecule has 2 fully saturated rings. The highest BCUT2D eigenvalue weighted by Gasteiger charge is 2.32. The first-order valence-electron chi connectivity index (χ1n) is 8.50. The quantitative estimate of drug-likeness (QED) is 0.702. The molecule has 142 valence electrons. The third kappa shape index (κ3) is 3.54. The number of hydrogen-bond acceptors (Lipinski definition) is 7. The Labute approximate surface area is 152 Å². The van der Waals surface area contributed by atoms with Gasteiger partial charge in [0.25, 0.3) is 0 Å². The summed E-state index contributed by atoms with van der Waals surface area (Å²) in [6.45, 7) is 1.78. The lowest BCUT2D eigenvalue weighted by Gasteiger charge is -2.22. The molecule has 0 saturated carbocycles. The minimum Gasteiger partial charge on any atom is -0.463 e. The largest absolute Gasteiger partial charge is 0.463 e. The van der Waals surface area contributed by atoms with E-state index >= 15 is 0 Å². The standard InChI is InChI=1S/C17H22N2O6S/c1-18(2)26(22,23)12-5-6-14(19-8-3-4-9-19)13(11-12)16(20)25-15-7-10-24-17(15)21/h5-6,11,15H,3-4,7-10H2,1-2H3/t15-/m0/s1. The molecule has 2 heterocycles. The number of sulfonamides is 1. The minimum absolute atomic E-state index is 0.00592. The lowest BCUT2D eigenvalue weighted by molar-refractivity contribution is -0.145. The van der Waals surface area contributed by atoms with Crippen molar-refractivity contribution in [3.63, 3.8) is 0 Å². The Morgan fingerprint density at radius 1 is 1.27 bits per heavy atom. The average Bonchev–Trinajstić information content (AvgIpc) is 3.26. The zero-order valence-corrected chi connectivity index (χ0v) is 15.6. The molecule has 3 rings (SSSR count). The summed E-state index contributed by atoms with van der Waals surface area (Å²) in [6, 6.07) is 4.44. The van der Waals surface area contributed by atoms with Crippen molar-refractivity contribution >= 4 is 27.6 Å². The van der Waals surface area contributed by atoms with Crippen LogP contribution in [-0.4, -0.2) is 64.6 Å². The number of nitrogens with zero attached hydrogens (tertiary/aromatic N) is 2. The van der Waals surface area contributed by atoms with Crippen molar-refractivity contribution in [2.45, 2.75) is 30.3 Å². The molecule has 2 saturated heterocycles. The van der Waals surface area contributed by atoms with E-state index in [1.807, 2.05) is 4.90 Å². The fraction of sp³-hybridized carbons (Fsp3) is 0.529. The van der Waals surface area contributed by atoms with Crippen molar-refractivity contribution in [3.05, 3.63) is 23.8 Å². The van der Waals surface area contributed by atoms with Gasteiger partial charge in [0, 0.05) is 33.6 Å². The maximum absolute atomic E-state index is 12.7. The second-order valence-corrected chi connectivity index (χ2v) is 8.66. The van der Waals surface area contributed by atoms with Crippen LogP contribution in [0.1, 0.15) is 29.6 Å². The zero-order valence-electron chi connectivity index (χ0n) is 14.8. The number of carbonyl (C=O) groups excluding carboxylic acids is 2. The fourth-order valence-electron chi connectivity index (χ4n) is 3.06. The van der Waals surface area contributed by atoms with E-state index in [4.69, 9.17) is 9.47 Å². The number of benzene rings is 1. The van der Waals surface area contributed by atoms with Crippen LogP contribution < -0.4 is 4.90 Å². The molecule has 0 aromatic heterocycles. The van der Waals surface area contributed by atoms with Gasteiger partial charge in [-0.2, -0.15) is 0 Å². The van der Waals surface area contributed by atoms with Crippen molar-refractivity contribution < 1.29 is 27.5 Å². The van der Waals surface area contributed by atoms with Crippen LogP contribution in [0.4, 0.5) is 5.69 Å². The third-order valence-corrected chi connectivity index (χ3v) is 6.36. The van der Waals surface area contributed by atoms with Gasteiger partial charge in [0.05, 0.1) is 22.8 Å². The van der Waals surface area contributed by atoms with Crippen LogP contribution in [0.5, 0.6) is 0 Å². The molecule has 1 atom stereocenters. The Kier molecular flexibility index (Phi) is 5.19. The number of cyclic esters (lactones) is 1. The molecule has 26 heavy (non-hydrogen) atoms. The molecule has 1 aromatic rings. The fourth-order valence-corrected chi connectivity index (χ4v) is 3.99. The van der Waals surface area contributed by atoms with Crippen molar-refractivity contribution in [1.82, 2.24) is 4.31 Å². The van der Waals surface area contributed by atoms with Gasteiger partial charge in [0.15, 0.2) is 0 Å². The van der Waals surface area contributed by atoms with Crippen molar-refractivity contribution in [3.8, 4) is 0 Å². The highest BCUT2D eigenvalue weighted by Crippen LogP contribution is 2.29. The van der Waals surface area contributed by atoms with E-state index in [1.54, 1.807) is 6.07 Å². The monoisotopic (exact) mass is 382 g/mol. The summed E-state index contributed by atoms with van der Waals surface area (Å²) in [5, 5.41) is 0. The predicted octanol–water partition coefficient (Wildman–Crippen LogP) is 1.01. The molecule has 9 heteroatoms. The lowest BCUT2D eigenvalue weighted by atomic mass is 10.1. The van der Waals surface area contributed by atoms with E-state index in [1.165, 1.54) is 26.2 Å². The van der Waals surface area contributed by atoms with Gasteiger partial charge in [-0.1, -0.05) is 0 Å². The summed E-state index contributed by atoms with van der Waals surface area (Å²) in [5.74, 6) is -1.29. The molecule has 0 amide bonds. The Morgan fingerprint density at radius 2 is 1.96 bits per heavy atom. The zero-order chi connectivity index (χ0) is 18.9. The SMILES string of the molecule is CN(C)S(=O)(=O)c1ccc(N2CCCC2)c(C(=O)O[C@H]2CCOC2=O)c1. The second kappa shape index (κ2) is 7.24. The number of hydrogen-bond donors (Lipinski definition) is 0. The van der Waals surface area contributed by atoms with Crippen LogP contribution in [-0.2, 0) is 24.3 Å². The van der Waals surface area contributed by atoms with E-state index in [0.29, 0.717) is 12.1 Å². The molecule has 0 bridgehead atoms. The van der Waals surface area contributed by atoms with Crippen LogP contribution in [0.15, 0.2) is 23.1 Å². The number of ether oxygens (including phenoxy) is 2. The molecule has 1 aromatic carbocycles. The summed E-state index contributed by atoms with van der Waals surface area (Å²) in [5.41, 5.74) is 0.770. The molecule has 0 N–H and O–H groups in total. The minimum atomic E-state index is -3.70. The average molecular weight is 382 g/mol. The summed E-state index contributed by atoms with van der Waals surface area (Å²) >= 11 is 0. The van der Waals surface area contributed by atoms with Crippen molar-refractivity contribution in [2.24, 2.45) is 0 Å². The topological polar surface area (TPSA) is 93.2 Å². The second-order valence-electron chi connectivity index (χ2n) is 6.51. The summed E-state index contributed by atoms with van der Waals surface area (Å²) in [4.78, 5) is 26.3.